The van der Waals surface area contributed by atoms with Crippen LogP contribution in [0.1, 0.15) is 94.4 Å². The molecule has 1 aliphatic carbocycles. The SMILES string of the molecule is C=CC(=O)/C(Nc1ccccc1)=C(C(=C)C)/C(=C1/CCCC(CC)C1)C(=C/C)/C(C)=C\C.CC.CC. The van der Waals surface area contributed by atoms with Crippen molar-refractivity contribution in [3.05, 3.63) is 101 Å². The smallest absolute Gasteiger partial charge is 0.202 e. The van der Waals surface area contributed by atoms with Crippen molar-refractivity contribution in [1.82, 2.24) is 0 Å². The first-order valence-electron chi connectivity index (χ1n) is 13.8. The summed E-state index contributed by atoms with van der Waals surface area (Å²) < 4.78 is 0. The van der Waals surface area contributed by atoms with E-state index in [0.29, 0.717) is 11.6 Å². The zero-order chi connectivity index (χ0) is 27.7. The molecule has 1 unspecified atom stereocenters. The van der Waals surface area contributed by atoms with E-state index in [2.05, 4.69) is 58.3 Å². The third-order valence-electron chi connectivity index (χ3n) is 6.37. The molecule has 198 valence electrons. The van der Waals surface area contributed by atoms with E-state index in [1.165, 1.54) is 47.6 Å². The lowest BCUT2D eigenvalue weighted by Gasteiger charge is -2.30. The summed E-state index contributed by atoms with van der Waals surface area (Å²) in [7, 11) is 0. The summed E-state index contributed by atoms with van der Waals surface area (Å²) in [6, 6.07) is 9.84. The van der Waals surface area contributed by atoms with E-state index in [0.717, 1.165) is 29.7 Å². The van der Waals surface area contributed by atoms with Crippen molar-refractivity contribution in [3.8, 4) is 0 Å². The van der Waals surface area contributed by atoms with E-state index in [-0.39, 0.29) is 5.78 Å². The predicted molar refractivity (Wildman–Crippen MR) is 162 cm³/mol. The lowest BCUT2D eigenvalue weighted by Crippen LogP contribution is -2.18. The summed E-state index contributed by atoms with van der Waals surface area (Å²) in [5.41, 5.74) is 8.19. The normalized spacial score (nSPS) is 17.9. The Morgan fingerprint density at radius 3 is 2.14 bits per heavy atom. The van der Waals surface area contributed by atoms with Crippen molar-refractivity contribution in [1.29, 1.82) is 0 Å². The van der Waals surface area contributed by atoms with Crippen LogP contribution in [0.2, 0.25) is 0 Å². The van der Waals surface area contributed by atoms with E-state index in [9.17, 15) is 4.79 Å². The maximum atomic E-state index is 13.2. The average Bonchev–Trinajstić information content (AvgIpc) is 2.94. The number of carbonyl (C=O) groups excluding carboxylic acids is 1. The number of para-hydroxylation sites is 1. The van der Waals surface area contributed by atoms with Crippen LogP contribution in [0.15, 0.2) is 101 Å². The maximum Gasteiger partial charge on any atom is 0.202 e. The summed E-state index contributed by atoms with van der Waals surface area (Å²) in [5, 5.41) is 3.41. The molecular weight excluding hydrogens is 438 g/mol. The molecule has 0 aliphatic heterocycles. The summed E-state index contributed by atoms with van der Waals surface area (Å²) in [6.45, 7) is 26.7. The van der Waals surface area contributed by atoms with Crippen LogP contribution in [-0.4, -0.2) is 5.78 Å². The number of hydrogen-bond acceptors (Lipinski definition) is 2. The van der Waals surface area contributed by atoms with Crippen molar-refractivity contribution in [3.63, 3.8) is 0 Å². The van der Waals surface area contributed by atoms with E-state index in [1.54, 1.807) is 0 Å². The van der Waals surface area contributed by atoms with Crippen LogP contribution in [-0.2, 0) is 4.79 Å². The number of ketones is 1. The minimum Gasteiger partial charge on any atom is -0.352 e. The van der Waals surface area contributed by atoms with Gasteiger partial charge in [0, 0.05) is 11.3 Å². The molecule has 1 atom stereocenters. The minimum absolute atomic E-state index is 0.124. The van der Waals surface area contributed by atoms with Crippen molar-refractivity contribution < 1.29 is 4.79 Å². The van der Waals surface area contributed by atoms with Gasteiger partial charge in [-0.3, -0.25) is 4.79 Å². The molecule has 36 heavy (non-hydrogen) atoms. The fourth-order valence-corrected chi connectivity index (χ4v) is 4.53. The van der Waals surface area contributed by atoms with E-state index in [4.69, 9.17) is 0 Å². The predicted octanol–water partition coefficient (Wildman–Crippen LogP) is 10.5. The van der Waals surface area contributed by atoms with Gasteiger partial charge in [0.1, 0.15) is 0 Å². The number of anilines is 1. The number of nitrogens with one attached hydrogen (secondary N) is 1. The second-order valence-corrected chi connectivity index (χ2v) is 8.61. The molecular formula is C34H51NO. The van der Waals surface area contributed by atoms with Crippen molar-refractivity contribution in [2.24, 2.45) is 5.92 Å². The Morgan fingerprint density at radius 2 is 1.67 bits per heavy atom. The summed E-state index contributed by atoms with van der Waals surface area (Å²) in [4.78, 5) is 13.2. The molecule has 2 rings (SSSR count). The second-order valence-electron chi connectivity index (χ2n) is 8.61. The van der Waals surface area contributed by atoms with Gasteiger partial charge >= 0.3 is 0 Å². The Labute approximate surface area is 222 Å². The molecule has 0 radical (unpaired) electrons. The molecule has 1 aromatic rings. The van der Waals surface area contributed by atoms with Crippen molar-refractivity contribution in [2.75, 3.05) is 5.32 Å². The first kappa shape index (κ1) is 33.1. The number of allylic oxidation sites excluding steroid dienone is 9. The zero-order valence-electron chi connectivity index (χ0n) is 24.6. The third-order valence-corrected chi connectivity index (χ3v) is 6.37. The quantitative estimate of drug-likeness (QED) is 0.276. The Balaban J connectivity index is 0.00000291. The van der Waals surface area contributed by atoms with Crippen molar-refractivity contribution in [2.45, 2.75) is 94.4 Å². The Morgan fingerprint density at radius 1 is 1.06 bits per heavy atom. The van der Waals surface area contributed by atoms with Crippen LogP contribution in [0.4, 0.5) is 5.69 Å². The molecule has 0 saturated heterocycles. The van der Waals surface area contributed by atoms with E-state index in [1.807, 2.05) is 65.0 Å². The van der Waals surface area contributed by atoms with Crippen LogP contribution >= 0.6 is 0 Å². The van der Waals surface area contributed by atoms with Gasteiger partial charge in [-0.1, -0.05) is 90.1 Å². The standard InChI is InChI=1S/C30H39NO.2C2H6/c1-8-22(7)26(10-3)29(24-17-15-16-23(9-2)20-24)28(21(5)6)30(27(32)11-4)31-25-18-13-12-14-19-25;2*1-2/h8,10-14,18-19,23,31H,4-5,9,15-17,20H2,1-3,6-7H3;2*1-2H3/b22-8-,26-10+,29-24-,30-28-;;. The number of carbonyl (C=O) groups is 1. The van der Waals surface area contributed by atoms with Gasteiger partial charge in [-0.25, -0.2) is 0 Å². The van der Waals surface area contributed by atoms with Crippen molar-refractivity contribution >= 4 is 11.5 Å². The van der Waals surface area contributed by atoms with Gasteiger partial charge in [-0.2, -0.15) is 0 Å². The molecule has 1 N–H and O–H groups in total. The van der Waals surface area contributed by atoms with Crippen LogP contribution in [0.3, 0.4) is 0 Å². The van der Waals surface area contributed by atoms with Gasteiger partial charge in [0.05, 0.1) is 5.70 Å². The Hall–Kier alpha value is -2.87. The fourth-order valence-electron chi connectivity index (χ4n) is 4.53. The molecule has 0 bridgehead atoms. The lowest BCUT2D eigenvalue weighted by molar-refractivity contribution is -0.111. The first-order valence-corrected chi connectivity index (χ1v) is 13.8. The van der Waals surface area contributed by atoms with Gasteiger partial charge in [0.2, 0.25) is 5.78 Å². The Kier molecular flexibility index (Phi) is 16.9. The molecule has 1 aromatic carbocycles. The van der Waals surface area contributed by atoms with Gasteiger partial charge in [-0.05, 0) is 99.8 Å². The largest absolute Gasteiger partial charge is 0.352 e. The molecule has 0 heterocycles. The van der Waals surface area contributed by atoms with Gasteiger partial charge in [0.25, 0.3) is 0 Å². The highest BCUT2D eigenvalue weighted by Crippen LogP contribution is 2.41. The van der Waals surface area contributed by atoms with Crippen LogP contribution < -0.4 is 5.32 Å². The molecule has 1 fully saturated rings. The average molecular weight is 490 g/mol. The molecule has 0 amide bonds. The molecule has 0 aromatic heterocycles. The minimum atomic E-state index is -0.124. The monoisotopic (exact) mass is 489 g/mol. The van der Waals surface area contributed by atoms with Crippen LogP contribution in [0.25, 0.3) is 0 Å². The first-order chi connectivity index (χ1) is 17.4. The highest BCUT2D eigenvalue weighted by atomic mass is 16.1. The highest BCUT2D eigenvalue weighted by Gasteiger charge is 2.26. The number of rotatable bonds is 9. The lowest BCUT2D eigenvalue weighted by atomic mass is 9.76. The Bertz CT molecular complexity index is 970. The molecule has 0 spiro atoms. The molecule has 2 nitrogen and oxygen atoms in total. The topological polar surface area (TPSA) is 29.1 Å². The van der Waals surface area contributed by atoms with Crippen LogP contribution in [0, 0.1) is 5.92 Å². The summed E-state index contributed by atoms with van der Waals surface area (Å²) >= 11 is 0. The van der Waals surface area contributed by atoms with Gasteiger partial charge in [0.15, 0.2) is 0 Å². The van der Waals surface area contributed by atoms with Crippen LogP contribution in [0.5, 0.6) is 0 Å². The van der Waals surface area contributed by atoms with E-state index < -0.39 is 0 Å². The van der Waals surface area contributed by atoms with Gasteiger partial charge < -0.3 is 5.32 Å². The second kappa shape index (κ2) is 18.4. The summed E-state index contributed by atoms with van der Waals surface area (Å²) in [5.74, 6) is 0.561. The van der Waals surface area contributed by atoms with E-state index >= 15 is 0 Å². The molecule has 1 saturated carbocycles. The van der Waals surface area contributed by atoms with Gasteiger partial charge in [-0.15, -0.1) is 0 Å². The third kappa shape index (κ3) is 9.30. The highest BCUT2D eigenvalue weighted by molar-refractivity contribution is 6.07. The summed E-state index contributed by atoms with van der Waals surface area (Å²) in [6.07, 6.45) is 11.5. The number of benzene rings is 1. The molecule has 2 heteroatoms. The maximum absolute atomic E-state index is 13.2. The number of hydrogen-bond donors (Lipinski definition) is 1. The zero-order valence-corrected chi connectivity index (χ0v) is 24.6. The fraction of sp³-hybridized carbons (Fsp3) is 0.441. The molecule has 1 aliphatic rings.